The Bertz CT molecular complexity index is 501. The van der Waals surface area contributed by atoms with Crippen LogP contribution in [0, 0.1) is 11.6 Å². The van der Waals surface area contributed by atoms with Crippen LogP contribution in [-0.2, 0) is 0 Å². The molecule has 0 radical (unpaired) electrons. The Morgan fingerprint density at radius 1 is 1.44 bits per heavy atom. The molecule has 0 spiro atoms. The third kappa shape index (κ3) is 2.93. The van der Waals surface area contributed by atoms with E-state index < -0.39 is 28.6 Å². The van der Waals surface area contributed by atoms with Crippen molar-refractivity contribution in [3.63, 3.8) is 0 Å². The van der Waals surface area contributed by atoms with Crippen molar-refractivity contribution < 1.29 is 18.8 Å². The monoisotopic (exact) mass is 257 g/mol. The third-order valence-electron chi connectivity index (χ3n) is 2.35. The summed E-state index contributed by atoms with van der Waals surface area (Å²) in [6.07, 6.45) is 0. The molecule has 1 aromatic carbocycles. The smallest absolute Gasteiger partial charge is 0.255 e. The third-order valence-corrected chi connectivity index (χ3v) is 2.35. The van der Waals surface area contributed by atoms with Crippen LogP contribution in [-0.4, -0.2) is 22.5 Å². The highest BCUT2D eigenvalue weighted by Crippen LogP contribution is 2.11. The second-order valence-electron chi connectivity index (χ2n) is 4.19. The highest BCUT2D eigenvalue weighted by atomic mass is 19.1. The van der Waals surface area contributed by atoms with Gasteiger partial charge in [0.2, 0.25) is 0 Å². The summed E-state index contributed by atoms with van der Waals surface area (Å²) >= 11 is 0. The highest BCUT2D eigenvalue weighted by Gasteiger charge is 2.27. The molecular formula is C11H13F2N3O2. The highest BCUT2D eigenvalue weighted by molar-refractivity contribution is 6.00. The maximum absolute atomic E-state index is 13.3. The molecule has 98 valence electrons. The topological polar surface area (TPSA) is 87.7 Å². The number of carbonyl (C=O) groups is 1. The van der Waals surface area contributed by atoms with Crippen LogP contribution in [0.25, 0.3) is 0 Å². The molecule has 1 amide bonds. The number of hydrogen-bond acceptors (Lipinski definition) is 3. The Morgan fingerprint density at radius 3 is 2.61 bits per heavy atom. The molecular weight excluding hydrogens is 244 g/mol. The van der Waals surface area contributed by atoms with Gasteiger partial charge in [0, 0.05) is 0 Å². The van der Waals surface area contributed by atoms with E-state index in [0.29, 0.717) is 0 Å². The van der Waals surface area contributed by atoms with E-state index in [0.717, 1.165) is 18.2 Å². The first-order valence-corrected chi connectivity index (χ1v) is 5.03. The molecule has 0 fully saturated rings. The van der Waals surface area contributed by atoms with Crippen LogP contribution in [0.1, 0.15) is 24.2 Å². The molecule has 7 heteroatoms. The summed E-state index contributed by atoms with van der Waals surface area (Å²) in [6.45, 7) is 2.91. The fourth-order valence-corrected chi connectivity index (χ4v) is 1.21. The summed E-state index contributed by atoms with van der Waals surface area (Å²) in [5.74, 6) is -2.70. The Morgan fingerprint density at radius 2 is 2.06 bits per heavy atom. The number of benzene rings is 1. The lowest BCUT2D eigenvalue weighted by atomic mass is 10.0. The molecule has 5 nitrogen and oxygen atoms in total. The van der Waals surface area contributed by atoms with E-state index in [4.69, 9.17) is 10.9 Å². The minimum Gasteiger partial charge on any atom is -0.409 e. The average molecular weight is 257 g/mol. The molecule has 1 rings (SSSR count). The first-order chi connectivity index (χ1) is 8.27. The quantitative estimate of drug-likeness (QED) is 0.329. The predicted molar refractivity (Wildman–Crippen MR) is 61.3 cm³/mol. The van der Waals surface area contributed by atoms with Crippen LogP contribution in [0.2, 0.25) is 0 Å². The zero-order valence-electron chi connectivity index (χ0n) is 9.87. The van der Waals surface area contributed by atoms with Gasteiger partial charge < -0.3 is 16.3 Å². The number of rotatable bonds is 3. The number of oxime groups is 1. The average Bonchev–Trinajstić information content (AvgIpc) is 2.30. The van der Waals surface area contributed by atoms with Crippen LogP contribution < -0.4 is 11.1 Å². The van der Waals surface area contributed by atoms with Gasteiger partial charge in [-0.05, 0) is 32.0 Å². The van der Waals surface area contributed by atoms with Crippen molar-refractivity contribution in [2.24, 2.45) is 10.9 Å². The van der Waals surface area contributed by atoms with Crippen LogP contribution in [0.3, 0.4) is 0 Å². The Hall–Kier alpha value is -2.18. The van der Waals surface area contributed by atoms with E-state index in [1.807, 2.05) is 0 Å². The molecule has 1 aromatic rings. The van der Waals surface area contributed by atoms with Crippen molar-refractivity contribution in [3.05, 3.63) is 35.4 Å². The maximum Gasteiger partial charge on any atom is 0.255 e. The molecule has 0 atom stereocenters. The van der Waals surface area contributed by atoms with E-state index in [-0.39, 0.29) is 5.84 Å². The molecule has 0 aromatic heterocycles. The van der Waals surface area contributed by atoms with Gasteiger partial charge in [0.15, 0.2) is 5.84 Å². The van der Waals surface area contributed by atoms with Crippen LogP contribution in [0.5, 0.6) is 0 Å². The van der Waals surface area contributed by atoms with Gasteiger partial charge in [-0.15, -0.1) is 0 Å². The van der Waals surface area contributed by atoms with Gasteiger partial charge in [-0.1, -0.05) is 5.16 Å². The summed E-state index contributed by atoms with van der Waals surface area (Å²) in [7, 11) is 0. The largest absolute Gasteiger partial charge is 0.409 e. The number of hydrogen-bond donors (Lipinski definition) is 3. The number of nitrogens with zero attached hydrogens (tertiary/aromatic N) is 1. The Labute approximate surface area is 102 Å². The molecule has 0 unspecified atom stereocenters. The van der Waals surface area contributed by atoms with Gasteiger partial charge in [-0.25, -0.2) is 8.78 Å². The number of amides is 1. The zero-order chi connectivity index (χ0) is 13.9. The Balaban J connectivity index is 2.99. The first kappa shape index (κ1) is 13.9. The first-order valence-electron chi connectivity index (χ1n) is 5.03. The molecule has 0 bridgehead atoms. The van der Waals surface area contributed by atoms with Crippen molar-refractivity contribution in [2.45, 2.75) is 19.4 Å². The van der Waals surface area contributed by atoms with E-state index in [9.17, 15) is 13.6 Å². The minimum atomic E-state index is -1.19. The van der Waals surface area contributed by atoms with Crippen molar-refractivity contribution >= 4 is 11.7 Å². The SMILES string of the molecule is CC(C)(NC(=O)c1cc(F)ccc1F)/C(N)=N/O. The summed E-state index contributed by atoms with van der Waals surface area (Å²) in [5.41, 5.74) is 3.72. The molecule has 0 aliphatic heterocycles. The standard InChI is InChI=1S/C11H13F2N3O2/c1-11(2,10(14)16-18)15-9(17)7-5-6(12)3-4-8(7)13/h3-5,18H,1-2H3,(H2,14,16)(H,15,17). The number of halogens is 2. The molecule has 0 aliphatic carbocycles. The molecule has 4 N–H and O–H groups in total. The van der Waals surface area contributed by atoms with E-state index in [1.54, 1.807) is 0 Å². The van der Waals surface area contributed by atoms with Crippen molar-refractivity contribution in [2.75, 3.05) is 0 Å². The maximum atomic E-state index is 13.3. The van der Waals surface area contributed by atoms with Crippen LogP contribution in [0.15, 0.2) is 23.4 Å². The minimum absolute atomic E-state index is 0.257. The fraction of sp³-hybridized carbons (Fsp3) is 0.273. The van der Waals surface area contributed by atoms with Gasteiger partial charge in [-0.3, -0.25) is 4.79 Å². The lowest BCUT2D eigenvalue weighted by Gasteiger charge is -2.24. The molecule has 0 saturated carbocycles. The fourth-order valence-electron chi connectivity index (χ4n) is 1.21. The summed E-state index contributed by atoms with van der Waals surface area (Å²) in [5, 5.41) is 13.6. The van der Waals surface area contributed by atoms with Gasteiger partial charge in [0.25, 0.3) is 5.91 Å². The van der Waals surface area contributed by atoms with Gasteiger partial charge >= 0.3 is 0 Å². The number of carbonyl (C=O) groups excluding carboxylic acids is 1. The molecule has 0 heterocycles. The lowest BCUT2D eigenvalue weighted by molar-refractivity contribution is 0.0926. The van der Waals surface area contributed by atoms with E-state index >= 15 is 0 Å². The lowest BCUT2D eigenvalue weighted by Crippen LogP contribution is -2.53. The number of nitrogens with one attached hydrogen (secondary N) is 1. The normalized spacial score (nSPS) is 12.3. The van der Waals surface area contributed by atoms with E-state index in [1.165, 1.54) is 13.8 Å². The van der Waals surface area contributed by atoms with Crippen LogP contribution in [0.4, 0.5) is 8.78 Å². The number of amidine groups is 1. The summed E-state index contributed by atoms with van der Waals surface area (Å²) in [4.78, 5) is 11.7. The van der Waals surface area contributed by atoms with Crippen molar-refractivity contribution in [3.8, 4) is 0 Å². The molecule has 0 aliphatic rings. The number of nitrogens with two attached hydrogens (primary N) is 1. The van der Waals surface area contributed by atoms with Gasteiger partial charge in [0.05, 0.1) is 11.1 Å². The molecule has 0 saturated heterocycles. The van der Waals surface area contributed by atoms with E-state index in [2.05, 4.69) is 10.5 Å². The predicted octanol–water partition coefficient (Wildman–Crippen LogP) is 1.22. The Kier molecular flexibility index (Phi) is 3.85. The second-order valence-corrected chi connectivity index (χ2v) is 4.19. The second kappa shape index (κ2) is 4.99. The van der Waals surface area contributed by atoms with Crippen LogP contribution >= 0.6 is 0 Å². The molecule has 18 heavy (non-hydrogen) atoms. The zero-order valence-corrected chi connectivity index (χ0v) is 9.87. The summed E-state index contributed by atoms with van der Waals surface area (Å²) in [6, 6.07) is 2.52. The van der Waals surface area contributed by atoms with Crippen molar-refractivity contribution in [1.29, 1.82) is 0 Å². The van der Waals surface area contributed by atoms with Gasteiger partial charge in [0.1, 0.15) is 11.6 Å². The van der Waals surface area contributed by atoms with Gasteiger partial charge in [-0.2, -0.15) is 0 Å². The van der Waals surface area contributed by atoms with Crippen molar-refractivity contribution in [1.82, 2.24) is 5.32 Å². The summed E-state index contributed by atoms with van der Waals surface area (Å²) < 4.78 is 26.3.